The molecule has 0 fully saturated rings. The third-order valence-corrected chi connectivity index (χ3v) is 3.58. The van der Waals surface area contributed by atoms with Crippen molar-refractivity contribution in [2.45, 2.75) is 0 Å². The first-order valence-electron chi connectivity index (χ1n) is 6.32. The number of aryl methyl sites for hydroxylation is 1. The third kappa shape index (κ3) is 1.41. The number of fused-ring (bicyclic) bond motifs is 2. The molecular weight excluding hydrogens is 234 g/mol. The maximum Gasteiger partial charge on any atom is 0.215 e. The van der Waals surface area contributed by atoms with Gasteiger partial charge in [0.1, 0.15) is 0 Å². The molecule has 0 aliphatic carbocycles. The van der Waals surface area contributed by atoms with E-state index >= 15 is 0 Å². The van der Waals surface area contributed by atoms with Gasteiger partial charge in [-0.1, -0.05) is 30.3 Å². The number of imidazole rings is 1. The third-order valence-electron chi connectivity index (χ3n) is 3.58. The minimum atomic E-state index is 0.947. The van der Waals surface area contributed by atoms with E-state index in [9.17, 15) is 0 Å². The summed E-state index contributed by atoms with van der Waals surface area (Å²) in [7, 11) is 2.06. The molecule has 2 heterocycles. The van der Waals surface area contributed by atoms with Crippen LogP contribution in [0.4, 0.5) is 0 Å². The van der Waals surface area contributed by atoms with Crippen molar-refractivity contribution in [2.24, 2.45) is 7.05 Å². The van der Waals surface area contributed by atoms with Crippen LogP contribution >= 0.6 is 0 Å². The number of para-hydroxylation sites is 3. The zero-order valence-electron chi connectivity index (χ0n) is 10.6. The predicted molar refractivity (Wildman–Crippen MR) is 77.5 cm³/mol. The molecule has 3 nitrogen and oxygen atoms in total. The van der Waals surface area contributed by atoms with Crippen LogP contribution in [0.5, 0.6) is 0 Å². The van der Waals surface area contributed by atoms with Crippen molar-refractivity contribution in [3.05, 3.63) is 60.8 Å². The van der Waals surface area contributed by atoms with Crippen molar-refractivity contribution < 1.29 is 0 Å². The maximum atomic E-state index is 4.73. The lowest BCUT2D eigenvalue weighted by Crippen LogP contribution is -2.01. The first-order valence-corrected chi connectivity index (χ1v) is 6.32. The van der Waals surface area contributed by atoms with Crippen LogP contribution in [-0.4, -0.2) is 14.1 Å². The molecular formula is C16H13N3. The van der Waals surface area contributed by atoms with E-state index in [4.69, 9.17) is 4.98 Å². The molecule has 0 bridgehead atoms. The first-order chi connectivity index (χ1) is 9.34. The Morgan fingerprint density at radius 1 is 0.842 bits per heavy atom. The van der Waals surface area contributed by atoms with Crippen molar-refractivity contribution in [1.82, 2.24) is 14.1 Å². The number of nitrogens with zero attached hydrogens (tertiary/aromatic N) is 3. The van der Waals surface area contributed by atoms with Crippen LogP contribution in [0, 0.1) is 0 Å². The van der Waals surface area contributed by atoms with Crippen LogP contribution < -0.4 is 0 Å². The summed E-state index contributed by atoms with van der Waals surface area (Å²) in [6, 6.07) is 18.7. The number of rotatable bonds is 1. The van der Waals surface area contributed by atoms with E-state index in [0.29, 0.717) is 0 Å². The van der Waals surface area contributed by atoms with Gasteiger partial charge in [0.2, 0.25) is 5.95 Å². The molecule has 0 spiro atoms. The smallest absolute Gasteiger partial charge is 0.215 e. The van der Waals surface area contributed by atoms with Crippen molar-refractivity contribution >= 4 is 21.9 Å². The fourth-order valence-corrected chi connectivity index (χ4v) is 2.61. The van der Waals surface area contributed by atoms with Crippen LogP contribution in [0.3, 0.4) is 0 Å². The van der Waals surface area contributed by atoms with E-state index in [1.54, 1.807) is 0 Å². The molecule has 0 aliphatic rings. The van der Waals surface area contributed by atoms with Crippen molar-refractivity contribution in [2.75, 3.05) is 0 Å². The SMILES string of the molecule is Cn1c(-n2ccc3ccccc32)nc2ccccc21. The van der Waals surface area contributed by atoms with Crippen LogP contribution in [-0.2, 0) is 7.05 Å². The lowest BCUT2D eigenvalue weighted by Gasteiger charge is -2.05. The molecule has 0 N–H and O–H groups in total. The highest BCUT2D eigenvalue weighted by atomic mass is 15.2. The summed E-state index contributed by atoms with van der Waals surface area (Å²) in [6.45, 7) is 0. The standard InChI is InChI=1S/C16H13N3/c1-18-15-9-5-3-7-13(15)17-16(18)19-11-10-12-6-2-4-8-14(12)19/h2-11H,1H3. The van der Waals surface area contributed by atoms with Gasteiger partial charge in [-0.2, -0.15) is 0 Å². The van der Waals surface area contributed by atoms with E-state index in [1.165, 1.54) is 10.9 Å². The normalized spacial score (nSPS) is 11.4. The van der Waals surface area contributed by atoms with Crippen molar-refractivity contribution in [3.63, 3.8) is 0 Å². The molecule has 2 aromatic carbocycles. The highest BCUT2D eigenvalue weighted by molar-refractivity contribution is 5.83. The van der Waals surface area contributed by atoms with E-state index in [-0.39, 0.29) is 0 Å². The molecule has 0 amide bonds. The second-order valence-electron chi connectivity index (χ2n) is 4.70. The highest BCUT2D eigenvalue weighted by Gasteiger charge is 2.10. The lowest BCUT2D eigenvalue weighted by molar-refractivity contribution is 0.856. The number of hydrogen-bond donors (Lipinski definition) is 0. The van der Waals surface area contributed by atoms with E-state index in [1.807, 2.05) is 18.2 Å². The van der Waals surface area contributed by atoms with Crippen molar-refractivity contribution in [1.29, 1.82) is 0 Å². The number of hydrogen-bond acceptors (Lipinski definition) is 1. The Hall–Kier alpha value is -2.55. The molecule has 0 aliphatic heterocycles. The van der Waals surface area contributed by atoms with E-state index < -0.39 is 0 Å². The molecule has 0 unspecified atom stereocenters. The van der Waals surface area contributed by atoms with Crippen LogP contribution in [0.25, 0.3) is 27.9 Å². The molecule has 4 rings (SSSR count). The summed E-state index contributed by atoms with van der Waals surface area (Å²) < 4.78 is 4.26. The van der Waals surface area contributed by atoms with E-state index in [0.717, 1.165) is 17.0 Å². The van der Waals surface area contributed by atoms with Gasteiger partial charge in [-0.05, 0) is 24.3 Å². The van der Waals surface area contributed by atoms with Crippen LogP contribution in [0.1, 0.15) is 0 Å². The second kappa shape index (κ2) is 3.72. The van der Waals surface area contributed by atoms with Gasteiger partial charge in [0, 0.05) is 18.6 Å². The molecule has 4 aromatic rings. The zero-order valence-corrected chi connectivity index (χ0v) is 10.6. The average molecular weight is 247 g/mol. The van der Waals surface area contributed by atoms with Gasteiger partial charge < -0.3 is 4.57 Å². The summed E-state index contributed by atoms with van der Waals surface area (Å²) in [5, 5.41) is 1.23. The highest BCUT2D eigenvalue weighted by Crippen LogP contribution is 2.22. The second-order valence-corrected chi connectivity index (χ2v) is 4.70. The van der Waals surface area contributed by atoms with Crippen LogP contribution in [0.2, 0.25) is 0 Å². The molecule has 19 heavy (non-hydrogen) atoms. The minimum absolute atomic E-state index is 0.947. The fraction of sp³-hybridized carbons (Fsp3) is 0.0625. The summed E-state index contributed by atoms with van der Waals surface area (Å²) in [5.41, 5.74) is 3.36. The van der Waals surface area contributed by atoms with Gasteiger partial charge in [0.05, 0.1) is 16.6 Å². The van der Waals surface area contributed by atoms with Gasteiger partial charge in [0.25, 0.3) is 0 Å². The summed E-state index contributed by atoms with van der Waals surface area (Å²) in [6.07, 6.45) is 2.08. The zero-order chi connectivity index (χ0) is 12.8. The largest absolute Gasteiger partial charge is 0.313 e. The van der Waals surface area contributed by atoms with Gasteiger partial charge in [-0.3, -0.25) is 4.57 Å². The Labute approximate surface area is 110 Å². The van der Waals surface area contributed by atoms with Crippen LogP contribution in [0.15, 0.2) is 60.8 Å². The fourth-order valence-electron chi connectivity index (χ4n) is 2.61. The Kier molecular flexibility index (Phi) is 2.03. The van der Waals surface area contributed by atoms with Gasteiger partial charge >= 0.3 is 0 Å². The monoisotopic (exact) mass is 247 g/mol. The average Bonchev–Trinajstić information content (AvgIpc) is 3.01. The summed E-state index contributed by atoms with van der Waals surface area (Å²) in [4.78, 5) is 4.73. The molecule has 0 saturated heterocycles. The summed E-state index contributed by atoms with van der Waals surface area (Å²) >= 11 is 0. The Balaban J connectivity index is 2.07. The first kappa shape index (κ1) is 10.4. The molecule has 0 radical (unpaired) electrons. The lowest BCUT2D eigenvalue weighted by atomic mass is 10.2. The molecule has 92 valence electrons. The molecule has 0 atom stereocenters. The Bertz CT molecular complexity index is 883. The predicted octanol–water partition coefficient (Wildman–Crippen LogP) is 3.52. The maximum absolute atomic E-state index is 4.73. The molecule has 0 saturated carbocycles. The molecule has 3 heteroatoms. The topological polar surface area (TPSA) is 22.8 Å². The van der Waals surface area contributed by atoms with Gasteiger partial charge in [0.15, 0.2) is 0 Å². The number of aromatic nitrogens is 3. The van der Waals surface area contributed by atoms with Crippen molar-refractivity contribution in [3.8, 4) is 5.95 Å². The summed E-state index contributed by atoms with van der Waals surface area (Å²) in [5.74, 6) is 0.947. The van der Waals surface area contributed by atoms with Gasteiger partial charge in [-0.25, -0.2) is 4.98 Å². The Morgan fingerprint density at radius 3 is 2.42 bits per heavy atom. The minimum Gasteiger partial charge on any atom is -0.313 e. The number of benzene rings is 2. The van der Waals surface area contributed by atoms with E-state index in [2.05, 4.69) is 58.8 Å². The quantitative estimate of drug-likeness (QED) is 0.504. The van der Waals surface area contributed by atoms with Gasteiger partial charge in [-0.15, -0.1) is 0 Å². The molecule has 2 aromatic heterocycles. The Morgan fingerprint density at radius 2 is 1.58 bits per heavy atom.